The van der Waals surface area contributed by atoms with Crippen LogP contribution in [0.2, 0.25) is 5.02 Å². The molecule has 0 saturated heterocycles. The summed E-state index contributed by atoms with van der Waals surface area (Å²) >= 11 is 7.91. The highest BCUT2D eigenvalue weighted by Gasteiger charge is 2.26. The zero-order valence-corrected chi connectivity index (χ0v) is 13.5. The van der Waals surface area contributed by atoms with E-state index in [2.05, 4.69) is 48.8 Å². The second-order valence-corrected chi connectivity index (χ2v) is 7.56. The largest absolute Gasteiger partial charge is 0.309 e. The van der Waals surface area contributed by atoms with Crippen LogP contribution in [0.3, 0.4) is 0 Å². The van der Waals surface area contributed by atoms with Crippen molar-refractivity contribution in [3.05, 3.63) is 56.7 Å². The fourth-order valence-corrected chi connectivity index (χ4v) is 3.97. The lowest BCUT2D eigenvalue weighted by molar-refractivity contribution is 0.426. The summed E-state index contributed by atoms with van der Waals surface area (Å²) in [6, 6.07) is 11.1. The number of aryl methyl sites for hydroxylation is 1. The SMILES string of the molecule is CC(C)(CNC1CCc2cc(Cl)ccc21)c1cccs1. The molecule has 0 bridgehead atoms. The van der Waals surface area contributed by atoms with Crippen molar-refractivity contribution in [2.45, 2.75) is 38.1 Å². The maximum atomic E-state index is 6.07. The van der Waals surface area contributed by atoms with Gasteiger partial charge >= 0.3 is 0 Å². The zero-order valence-electron chi connectivity index (χ0n) is 11.9. The summed E-state index contributed by atoms with van der Waals surface area (Å²) in [6.07, 6.45) is 2.31. The minimum absolute atomic E-state index is 0.184. The molecule has 0 amide bonds. The minimum atomic E-state index is 0.184. The molecule has 0 fully saturated rings. The van der Waals surface area contributed by atoms with E-state index in [-0.39, 0.29) is 5.41 Å². The molecule has 3 rings (SSSR count). The maximum absolute atomic E-state index is 6.07. The molecule has 1 aliphatic carbocycles. The molecule has 0 saturated carbocycles. The van der Waals surface area contributed by atoms with Gasteiger partial charge in [0.2, 0.25) is 0 Å². The van der Waals surface area contributed by atoms with Gasteiger partial charge in [0.05, 0.1) is 0 Å². The number of rotatable bonds is 4. The van der Waals surface area contributed by atoms with Crippen molar-refractivity contribution < 1.29 is 0 Å². The van der Waals surface area contributed by atoms with Crippen LogP contribution >= 0.6 is 22.9 Å². The van der Waals surface area contributed by atoms with Crippen LogP contribution in [0.1, 0.15) is 42.3 Å². The third-order valence-electron chi connectivity index (χ3n) is 4.16. The summed E-state index contributed by atoms with van der Waals surface area (Å²) in [6.45, 7) is 5.62. The van der Waals surface area contributed by atoms with Crippen LogP contribution < -0.4 is 5.32 Å². The third-order valence-corrected chi connectivity index (χ3v) is 5.63. The van der Waals surface area contributed by atoms with Gasteiger partial charge in [0, 0.05) is 27.9 Å². The molecule has 106 valence electrons. The lowest BCUT2D eigenvalue weighted by Crippen LogP contribution is -2.34. The van der Waals surface area contributed by atoms with Crippen LogP contribution in [0.25, 0.3) is 0 Å². The third kappa shape index (κ3) is 2.78. The van der Waals surface area contributed by atoms with Gasteiger partial charge in [0.15, 0.2) is 0 Å². The molecule has 1 nitrogen and oxygen atoms in total. The molecule has 0 radical (unpaired) electrons. The summed E-state index contributed by atoms with van der Waals surface area (Å²) < 4.78 is 0. The molecule has 2 aromatic rings. The molecule has 1 unspecified atom stereocenters. The van der Waals surface area contributed by atoms with Gasteiger partial charge in [-0.15, -0.1) is 11.3 Å². The van der Waals surface area contributed by atoms with Gasteiger partial charge in [-0.2, -0.15) is 0 Å². The minimum Gasteiger partial charge on any atom is -0.309 e. The van der Waals surface area contributed by atoms with Crippen LogP contribution in [-0.2, 0) is 11.8 Å². The van der Waals surface area contributed by atoms with E-state index >= 15 is 0 Å². The first kappa shape index (κ1) is 14.1. The van der Waals surface area contributed by atoms with Gasteiger partial charge in [-0.25, -0.2) is 0 Å². The number of fused-ring (bicyclic) bond motifs is 1. The van der Waals surface area contributed by atoms with Gasteiger partial charge < -0.3 is 5.32 Å². The highest BCUT2D eigenvalue weighted by molar-refractivity contribution is 7.10. The Hall–Kier alpha value is -0.830. The second-order valence-electron chi connectivity index (χ2n) is 6.18. The standard InChI is InChI=1S/C17H20ClNS/c1-17(2,16-4-3-9-20-16)11-19-15-8-5-12-10-13(18)6-7-14(12)15/h3-4,6-7,9-10,15,19H,5,8,11H2,1-2H3. The highest BCUT2D eigenvalue weighted by Crippen LogP contribution is 2.34. The van der Waals surface area contributed by atoms with E-state index in [9.17, 15) is 0 Å². The van der Waals surface area contributed by atoms with Gasteiger partial charge in [-0.3, -0.25) is 0 Å². The Morgan fingerprint density at radius 1 is 1.35 bits per heavy atom. The van der Waals surface area contributed by atoms with Crippen LogP contribution in [0.5, 0.6) is 0 Å². The quantitative estimate of drug-likeness (QED) is 0.842. The average Bonchev–Trinajstić information content (AvgIpc) is 3.06. The summed E-state index contributed by atoms with van der Waals surface area (Å²) in [5, 5.41) is 6.76. The van der Waals surface area contributed by atoms with Crippen LogP contribution in [0, 0.1) is 0 Å². The normalized spacial score (nSPS) is 18.2. The topological polar surface area (TPSA) is 12.0 Å². The van der Waals surface area contributed by atoms with E-state index in [1.807, 2.05) is 17.4 Å². The first-order valence-electron chi connectivity index (χ1n) is 7.12. The first-order valence-corrected chi connectivity index (χ1v) is 8.38. The van der Waals surface area contributed by atoms with E-state index in [0.29, 0.717) is 6.04 Å². The van der Waals surface area contributed by atoms with E-state index in [4.69, 9.17) is 11.6 Å². The van der Waals surface area contributed by atoms with Crippen LogP contribution in [0.4, 0.5) is 0 Å². The number of hydrogen-bond acceptors (Lipinski definition) is 2. The van der Waals surface area contributed by atoms with Crippen molar-refractivity contribution in [3.63, 3.8) is 0 Å². The second kappa shape index (κ2) is 5.51. The number of nitrogens with one attached hydrogen (secondary N) is 1. The summed E-state index contributed by atoms with van der Waals surface area (Å²) in [5.74, 6) is 0. The molecule has 1 aliphatic rings. The van der Waals surface area contributed by atoms with Crippen LogP contribution in [-0.4, -0.2) is 6.54 Å². The number of benzene rings is 1. The molecule has 1 heterocycles. The first-order chi connectivity index (χ1) is 9.56. The van der Waals surface area contributed by atoms with Crippen molar-refractivity contribution in [2.75, 3.05) is 6.54 Å². The van der Waals surface area contributed by atoms with Crippen molar-refractivity contribution in [1.82, 2.24) is 5.32 Å². The molecule has 1 atom stereocenters. The molecule has 1 aromatic heterocycles. The van der Waals surface area contributed by atoms with Crippen molar-refractivity contribution in [2.24, 2.45) is 0 Å². The fraction of sp³-hybridized carbons (Fsp3) is 0.412. The summed E-state index contributed by atoms with van der Waals surface area (Å²) in [4.78, 5) is 1.44. The van der Waals surface area contributed by atoms with E-state index in [1.54, 1.807) is 0 Å². The average molecular weight is 306 g/mol. The predicted octanol–water partition coefficient (Wildman–Crippen LogP) is 4.96. The molecule has 20 heavy (non-hydrogen) atoms. The number of thiophene rings is 1. The van der Waals surface area contributed by atoms with Gasteiger partial charge in [0.1, 0.15) is 0 Å². The molecular weight excluding hydrogens is 286 g/mol. The van der Waals surface area contributed by atoms with E-state index < -0.39 is 0 Å². The maximum Gasteiger partial charge on any atom is 0.0408 e. The molecular formula is C17H20ClNS. The highest BCUT2D eigenvalue weighted by atomic mass is 35.5. The van der Waals surface area contributed by atoms with E-state index in [1.165, 1.54) is 22.4 Å². The van der Waals surface area contributed by atoms with Gasteiger partial charge in [0.25, 0.3) is 0 Å². The van der Waals surface area contributed by atoms with Gasteiger partial charge in [-0.05, 0) is 47.5 Å². The van der Waals surface area contributed by atoms with Crippen molar-refractivity contribution >= 4 is 22.9 Å². The molecule has 1 aromatic carbocycles. The van der Waals surface area contributed by atoms with Crippen molar-refractivity contribution in [1.29, 1.82) is 0 Å². The molecule has 0 spiro atoms. The molecule has 1 N–H and O–H groups in total. The fourth-order valence-electron chi connectivity index (χ4n) is 2.93. The molecule has 3 heteroatoms. The van der Waals surface area contributed by atoms with E-state index in [0.717, 1.165) is 18.0 Å². The smallest absolute Gasteiger partial charge is 0.0408 e. The number of hydrogen-bond donors (Lipinski definition) is 1. The Bertz CT molecular complexity index is 589. The Morgan fingerprint density at radius 2 is 2.20 bits per heavy atom. The lowest BCUT2D eigenvalue weighted by atomic mass is 9.91. The zero-order chi connectivity index (χ0) is 14.2. The Kier molecular flexibility index (Phi) is 3.89. The summed E-state index contributed by atoms with van der Waals surface area (Å²) in [7, 11) is 0. The Balaban J connectivity index is 1.69. The lowest BCUT2D eigenvalue weighted by Gasteiger charge is -2.26. The predicted molar refractivity (Wildman–Crippen MR) is 87.9 cm³/mol. The monoisotopic (exact) mass is 305 g/mol. The number of halogens is 1. The van der Waals surface area contributed by atoms with Crippen LogP contribution in [0.15, 0.2) is 35.7 Å². The Labute approximate surface area is 130 Å². The van der Waals surface area contributed by atoms with Crippen molar-refractivity contribution in [3.8, 4) is 0 Å². The van der Waals surface area contributed by atoms with Gasteiger partial charge in [-0.1, -0.05) is 37.6 Å². The Morgan fingerprint density at radius 3 is 2.95 bits per heavy atom. The summed E-state index contributed by atoms with van der Waals surface area (Å²) in [5.41, 5.74) is 3.02. The molecule has 0 aliphatic heterocycles.